The van der Waals surface area contributed by atoms with E-state index < -0.39 is 24.1 Å². The lowest BCUT2D eigenvalue weighted by atomic mass is 9.78. The Hall–Kier alpha value is -1.92. The summed E-state index contributed by atoms with van der Waals surface area (Å²) in [6.45, 7) is 7.75. The van der Waals surface area contributed by atoms with Crippen molar-refractivity contribution >= 4 is 12.6 Å². The normalized spacial score (nSPS) is 18.4. The van der Waals surface area contributed by atoms with Gasteiger partial charge in [-0.2, -0.15) is 0 Å². The molecule has 3 nitrogen and oxygen atoms in total. The zero-order valence-corrected chi connectivity index (χ0v) is 14.8. The molecule has 25 heavy (non-hydrogen) atoms. The molecule has 1 heterocycles. The van der Waals surface area contributed by atoms with E-state index in [4.69, 9.17) is 14.0 Å². The van der Waals surface area contributed by atoms with Crippen LogP contribution in [0.2, 0.25) is 0 Å². The van der Waals surface area contributed by atoms with E-state index in [9.17, 15) is 8.78 Å². The molecule has 3 rings (SSSR count). The van der Waals surface area contributed by atoms with E-state index in [0.717, 1.165) is 0 Å². The zero-order chi connectivity index (χ0) is 18.2. The summed E-state index contributed by atoms with van der Waals surface area (Å²) in [7, 11) is -0.679. The molecule has 6 heteroatoms. The first-order valence-electron chi connectivity index (χ1n) is 8.21. The average molecular weight is 346 g/mol. The van der Waals surface area contributed by atoms with Crippen LogP contribution in [-0.2, 0) is 15.9 Å². The molecule has 1 aliphatic heterocycles. The molecule has 1 fully saturated rings. The second-order valence-electron chi connectivity index (χ2n) is 7.15. The highest BCUT2D eigenvalue weighted by Gasteiger charge is 2.52. The van der Waals surface area contributed by atoms with Crippen LogP contribution in [-0.4, -0.2) is 18.3 Å². The molecule has 0 aromatic heterocycles. The number of hydrogen-bond donors (Lipinski definition) is 0. The van der Waals surface area contributed by atoms with E-state index in [2.05, 4.69) is 0 Å². The van der Waals surface area contributed by atoms with E-state index >= 15 is 0 Å². The van der Waals surface area contributed by atoms with Gasteiger partial charge in [0, 0.05) is 17.1 Å². The Balaban J connectivity index is 1.86. The fraction of sp³-hybridized carbons (Fsp3) is 0.368. The summed E-state index contributed by atoms with van der Waals surface area (Å²) in [4.78, 5) is 0. The van der Waals surface area contributed by atoms with Gasteiger partial charge >= 0.3 is 7.12 Å². The Bertz CT molecular complexity index is 761. The second kappa shape index (κ2) is 6.43. The SMILES string of the molecule is CC1(C)OB(c2ccc(F)cc2OCc2ccccc2F)OC1(C)C. The summed E-state index contributed by atoms with van der Waals surface area (Å²) in [5.74, 6) is -0.526. The number of halogens is 2. The highest BCUT2D eigenvalue weighted by atomic mass is 19.1. The summed E-state index contributed by atoms with van der Waals surface area (Å²) < 4.78 is 45.2. The molecule has 2 aromatic rings. The van der Waals surface area contributed by atoms with Gasteiger partial charge in [0.15, 0.2) is 0 Å². The molecule has 0 saturated carbocycles. The van der Waals surface area contributed by atoms with Crippen LogP contribution in [0.15, 0.2) is 42.5 Å². The molecule has 0 amide bonds. The molecule has 0 bridgehead atoms. The first-order chi connectivity index (χ1) is 11.7. The Morgan fingerprint density at radius 2 is 1.60 bits per heavy atom. The van der Waals surface area contributed by atoms with Crippen molar-refractivity contribution in [3.8, 4) is 5.75 Å². The number of ether oxygens (including phenoxy) is 1. The lowest BCUT2D eigenvalue weighted by Gasteiger charge is -2.32. The van der Waals surface area contributed by atoms with Gasteiger partial charge in [-0.3, -0.25) is 0 Å². The predicted octanol–water partition coefficient (Wildman–Crippen LogP) is 3.84. The molecule has 0 unspecified atom stereocenters. The lowest BCUT2D eigenvalue weighted by molar-refractivity contribution is 0.00578. The van der Waals surface area contributed by atoms with Crippen molar-refractivity contribution < 1.29 is 22.8 Å². The third-order valence-corrected chi connectivity index (χ3v) is 4.82. The number of benzene rings is 2. The molecule has 0 atom stereocenters. The van der Waals surface area contributed by atoms with Gasteiger partial charge in [0.25, 0.3) is 0 Å². The van der Waals surface area contributed by atoms with Gasteiger partial charge in [-0.1, -0.05) is 24.3 Å². The van der Waals surface area contributed by atoms with Gasteiger partial charge in [0.05, 0.1) is 11.2 Å². The molecule has 1 aliphatic rings. The van der Waals surface area contributed by atoms with Crippen LogP contribution in [0.4, 0.5) is 8.78 Å². The van der Waals surface area contributed by atoms with Crippen molar-refractivity contribution in [1.29, 1.82) is 0 Å². The standard InChI is InChI=1S/C19H21BF2O3/c1-18(2)19(3,4)25-20(24-18)15-10-9-14(21)11-17(15)23-12-13-7-5-6-8-16(13)22/h5-11H,12H2,1-4H3. The van der Waals surface area contributed by atoms with E-state index in [-0.39, 0.29) is 18.2 Å². The Morgan fingerprint density at radius 1 is 0.960 bits per heavy atom. The average Bonchev–Trinajstić information content (AvgIpc) is 2.74. The van der Waals surface area contributed by atoms with Crippen molar-refractivity contribution in [3.05, 3.63) is 59.7 Å². The van der Waals surface area contributed by atoms with Crippen molar-refractivity contribution in [2.45, 2.75) is 45.5 Å². The quantitative estimate of drug-likeness (QED) is 0.788. The molecule has 1 saturated heterocycles. The Labute approximate surface area is 147 Å². The molecule has 2 aromatic carbocycles. The van der Waals surface area contributed by atoms with Gasteiger partial charge in [0.2, 0.25) is 0 Å². The lowest BCUT2D eigenvalue weighted by Crippen LogP contribution is -2.41. The van der Waals surface area contributed by atoms with Crippen LogP contribution in [0.5, 0.6) is 5.75 Å². The fourth-order valence-corrected chi connectivity index (χ4v) is 2.57. The predicted molar refractivity (Wildman–Crippen MR) is 92.8 cm³/mol. The molecule has 0 spiro atoms. The van der Waals surface area contributed by atoms with E-state index in [1.807, 2.05) is 27.7 Å². The maximum atomic E-state index is 13.8. The number of hydrogen-bond acceptors (Lipinski definition) is 3. The molecule has 0 aliphatic carbocycles. The van der Waals surface area contributed by atoms with Gasteiger partial charge in [-0.05, 0) is 39.8 Å². The maximum Gasteiger partial charge on any atom is 0.498 e. The maximum absolute atomic E-state index is 13.8. The van der Waals surface area contributed by atoms with Gasteiger partial charge in [-0.25, -0.2) is 8.78 Å². The van der Waals surface area contributed by atoms with Crippen molar-refractivity contribution in [2.24, 2.45) is 0 Å². The van der Waals surface area contributed by atoms with E-state index in [1.165, 1.54) is 18.2 Å². The second-order valence-corrected chi connectivity index (χ2v) is 7.15. The minimum absolute atomic E-state index is 0.0113. The van der Waals surface area contributed by atoms with Gasteiger partial charge in [0.1, 0.15) is 24.0 Å². The largest absolute Gasteiger partial charge is 0.498 e. The van der Waals surface area contributed by atoms with Crippen molar-refractivity contribution in [3.63, 3.8) is 0 Å². The van der Waals surface area contributed by atoms with Crippen LogP contribution >= 0.6 is 0 Å². The van der Waals surface area contributed by atoms with Crippen LogP contribution in [0, 0.1) is 11.6 Å². The summed E-state index contributed by atoms with van der Waals surface area (Å²) in [6, 6.07) is 10.5. The molecule has 132 valence electrons. The van der Waals surface area contributed by atoms with Crippen LogP contribution in [0.1, 0.15) is 33.3 Å². The molecule has 0 radical (unpaired) electrons. The highest BCUT2D eigenvalue weighted by molar-refractivity contribution is 6.63. The van der Waals surface area contributed by atoms with Crippen LogP contribution in [0.25, 0.3) is 0 Å². The third-order valence-electron chi connectivity index (χ3n) is 4.82. The highest BCUT2D eigenvalue weighted by Crippen LogP contribution is 2.37. The monoisotopic (exact) mass is 346 g/mol. The van der Waals surface area contributed by atoms with Gasteiger partial charge in [-0.15, -0.1) is 0 Å². The van der Waals surface area contributed by atoms with Crippen molar-refractivity contribution in [1.82, 2.24) is 0 Å². The summed E-state index contributed by atoms with van der Waals surface area (Å²) in [5.41, 5.74) is -0.0630. The van der Waals surface area contributed by atoms with Crippen LogP contribution in [0.3, 0.4) is 0 Å². The number of rotatable bonds is 4. The van der Waals surface area contributed by atoms with E-state index in [1.54, 1.807) is 24.3 Å². The topological polar surface area (TPSA) is 27.7 Å². The molecule has 0 N–H and O–H groups in total. The summed E-state index contributed by atoms with van der Waals surface area (Å²) in [6.07, 6.45) is 0. The summed E-state index contributed by atoms with van der Waals surface area (Å²) in [5, 5.41) is 0. The van der Waals surface area contributed by atoms with Gasteiger partial charge < -0.3 is 14.0 Å². The minimum atomic E-state index is -0.679. The van der Waals surface area contributed by atoms with E-state index in [0.29, 0.717) is 11.0 Å². The molecular formula is C19H21BF2O3. The minimum Gasteiger partial charge on any atom is -0.489 e. The smallest absolute Gasteiger partial charge is 0.489 e. The first-order valence-corrected chi connectivity index (χ1v) is 8.21. The Morgan fingerprint density at radius 3 is 2.24 bits per heavy atom. The Kier molecular flexibility index (Phi) is 4.60. The summed E-state index contributed by atoms with van der Waals surface area (Å²) >= 11 is 0. The molecular weight excluding hydrogens is 325 g/mol. The third kappa shape index (κ3) is 3.55. The zero-order valence-electron chi connectivity index (χ0n) is 14.8. The van der Waals surface area contributed by atoms with Crippen LogP contribution < -0.4 is 10.2 Å². The first kappa shape index (κ1) is 17.9. The fourth-order valence-electron chi connectivity index (χ4n) is 2.57. The van der Waals surface area contributed by atoms with Crippen molar-refractivity contribution in [2.75, 3.05) is 0 Å².